The lowest BCUT2D eigenvalue weighted by atomic mass is 10.1. The minimum atomic E-state index is -1.02. The van der Waals surface area contributed by atoms with Gasteiger partial charge in [-0.25, -0.2) is 0 Å². The van der Waals surface area contributed by atoms with Crippen molar-refractivity contribution in [2.45, 2.75) is 6.04 Å². The smallest absolute Gasteiger partial charge is 0.323 e. The van der Waals surface area contributed by atoms with Gasteiger partial charge in [0, 0.05) is 6.54 Å². The van der Waals surface area contributed by atoms with Crippen molar-refractivity contribution in [3.63, 3.8) is 0 Å². The Hall–Kier alpha value is -2.25. The summed E-state index contributed by atoms with van der Waals surface area (Å²) in [7, 11) is 0. The summed E-state index contributed by atoms with van der Waals surface area (Å²) < 4.78 is 5.14. The summed E-state index contributed by atoms with van der Waals surface area (Å²) >= 11 is 0. The molecule has 2 heterocycles. The highest BCUT2D eigenvalue weighted by Gasteiger charge is 2.39. The molecule has 7 nitrogen and oxygen atoms in total. The summed E-state index contributed by atoms with van der Waals surface area (Å²) in [5, 5.41) is 9.18. The zero-order valence-electron chi connectivity index (χ0n) is 11.2. The lowest BCUT2D eigenvalue weighted by Crippen LogP contribution is -2.54. The fourth-order valence-corrected chi connectivity index (χ4v) is 2.58. The van der Waals surface area contributed by atoms with Crippen LogP contribution < -0.4 is 0 Å². The fourth-order valence-electron chi connectivity index (χ4n) is 2.58. The van der Waals surface area contributed by atoms with Crippen LogP contribution in [0.4, 0.5) is 0 Å². The Morgan fingerprint density at radius 1 is 1.24 bits per heavy atom. The molecule has 0 aliphatic carbocycles. The molecule has 1 N–H and O–H groups in total. The average Bonchev–Trinajstić information content (AvgIpc) is 2.73. The molecule has 0 spiro atoms. The van der Waals surface area contributed by atoms with Gasteiger partial charge in [-0.1, -0.05) is 12.1 Å². The maximum absolute atomic E-state index is 12.3. The van der Waals surface area contributed by atoms with Gasteiger partial charge in [-0.05, 0) is 12.1 Å². The highest BCUT2D eigenvalue weighted by Crippen LogP contribution is 2.23. The van der Waals surface area contributed by atoms with Crippen molar-refractivity contribution in [3.05, 3.63) is 35.4 Å². The van der Waals surface area contributed by atoms with Crippen LogP contribution in [0.15, 0.2) is 24.3 Å². The summed E-state index contributed by atoms with van der Waals surface area (Å²) in [6.45, 7) is 0.766. The molecular weight excluding hydrogens is 276 g/mol. The molecule has 1 unspecified atom stereocenters. The number of carbonyl (C=O) groups excluding carboxylic acids is 2. The van der Waals surface area contributed by atoms with Crippen molar-refractivity contribution in [1.82, 2.24) is 9.80 Å². The predicted molar refractivity (Wildman–Crippen MR) is 70.8 cm³/mol. The van der Waals surface area contributed by atoms with Crippen LogP contribution in [-0.2, 0) is 9.53 Å². The first-order chi connectivity index (χ1) is 10.1. The standard InChI is InChI=1S/C14H14N2O5/c17-12-9-3-1-2-4-10(9)13(18)16(12)8-15-5-6-21-7-11(15)14(19)20/h1-4,11H,5-8H2,(H,19,20). The summed E-state index contributed by atoms with van der Waals surface area (Å²) in [6, 6.07) is 5.75. The molecule has 0 radical (unpaired) electrons. The summed E-state index contributed by atoms with van der Waals surface area (Å²) in [4.78, 5) is 38.4. The molecule has 0 saturated carbocycles. The molecule has 1 fully saturated rings. The van der Waals surface area contributed by atoms with Crippen LogP contribution in [0.25, 0.3) is 0 Å². The van der Waals surface area contributed by atoms with Crippen LogP contribution in [-0.4, -0.2) is 65.2 Å². The van der Waals surface area contributed by atoms with E-state index in [-0.39, 0.29) is 25.1 Å². The molecule has 1 saturated heterocycles. The quantitative estimate of drug-likeness (QED) is 0.790. The summed E-state index contributed by atoms with van der Waals surface area (Å²) in [5.41, 5.74) is 0.727. The molecule has 1 aromatic carbocycles. The van der Waals surface area contributed by atoms with Gasteiger partial charge in [0.2, 0.25) is 0 Å². The molecule has 7 heteroatoms. The maximum Gasteiger partial charge on any atom is 0.323 e. The van der Waals surface area contributed by atoms with Crippen molar-refractivity contribution in [3.8, 4) is 0 Å². The molecule has 21 heavy (non-hydrogen) atoms. The lowest BCUT2D eigenvalue weighted by Gasteiger charge is -2.34. The number of amides is 2. The molecule has 1 aromatic rings. The normalized spacial score (nSPS) is 22.5. The number of benzene rings is 1. The zero-order valence-corrected chi connectivity index (χ0v) is 11.2. The van der Waals surface area contributed by atoms with Crippen LogP contribution in [0.5, 0.6) is 0 Å². The molecule has 2 amide bonds. The van der Waals surface area contributed by atoms with E-state index < -0.39 is 12.0 Å². The van der Waals surface area contributed by atoms with Crippen LogP contribution in [0.2, 0.25) is 0 Å². The second-order valence-corrected chi connectivity index (χ2v) is 4.97. The number of fused-ring (bicyclic) bond motifs is 1. The molecule has 3 rings (SSSR count). The van der Waals surface area contributed by atoms with Gasteiger partial charge in [0.1, 0.15) is 6.04 Å². The maximum atomic E-state index is 12.3. The van der Waals surface area contributed by atoms with Gasteiger partial charge < -0.3 is 9.84 Å². The van der Waals surface area contributed by atoms with E-state index in [9.17, 15) is 19.5 Å². The van der Waals surface area contributed by atoms with Gasteiger partial charge in [-0.3, -0.25) is 24.2 Å². The summed E-state index contributed by atoms with van der Waals surface area (Å²) in [5.74, 6) is -1.79. The lowest BCUT2D eigenvalue weighted by molar-refractivity contribution is -0.150. The van der Waals surface area contributed by atoms with Crippen LogP contribution >= 0.6 is 0 Å². The molecule has 0 bridgehead atoms. The zero-order chi connectivity index (χ0) is 15.0. The minimum absolute atomic E-state index is 0.0350. The third-order valence-electron chi connectivity index (χ3n) is 3.73. The van der Waals surface area contributed by atoms with Crippen molar-refractivity contribution in [1.29, 1.82) is 0 Å². The average molecular weight is 290 g/mol. The first-order valence-electron chi connectivity index (χ1n) is 6.59. The van der Waals surface area contributed by atoms with E-state index in [4.69, 9.17) is 4.74 Å². The van der Waals surface area contributed by atoms with E-state index in [0.717, 1.165) is 4.90 Å². The Bertz CT molecular complexity index is 580. The second kappa shape index (κ2) is 5.27. The van der Waals surface area contributed by atoms with Crippen molar-refractivity contribution in [2.75, 3.05) is 26.4 Å². The Labute approximate surface area is 120 Å². The van der Waals surface area contributed by atoms with Crippen LogP contribution in [0.1, 0.15) is 20.7 Å². The van der Waals surface area contributed by atoms with E-state index in [2.05, 4.69) is 0 Å². The number of carboxylic acids is 1. The van der Waals surface area contributed by atoms with Crippen LogP contribution in [0, 0.1) is 0 Å². The second-order valence-electron chi connectivity index (χ2n) is 4.97. The van der Waals surface area contributed by atoms with E-state index >= 15 is 0 Å². The highest BCUT2D eigenvalue weighted by molar-refractivity contribution is 6.21. The number of carboxylic acid groups (broad SMARTS) is 1. The number of aliphatic carboxylic acids is 1. The number of hydrogen-bond donors (Lipinski definition) is 1. The molecule has 1 atom stereocenters. The summed E-state index contributed by atoms with van der Waals surface area (Å²) in [6.07, 6.45) is 0. The van der Waals surface area contributed by atoms with Crippen molar-refractivity contribution >= 4 is 17.8 Å². The first-order valence-corrected chi connectivity index (χ1v) is 6.59. The van der Waals surface area contributed by atoms with Crippen LogP contribution in [0.3, 0.4) is 0 Å². The molecular formula is C14H14N2O5. The Morgan fingerprint density at radius 2 is 1.86 bits per heavy atom. The van der Waals surface area contributed by atoms with E-state index in [1.807, 2.05) is 0 Å². The molecule has 0 aromatic heterocycles. The van der Waals surface area contributed by atoms with E-state index in [1.165, 1.54) is 0 Å². The third-order valence-corrected chi connectivity index (χ3v) is 3.73. The van der Waals surface area contributed by atoms with Gasteiger partial charge >= 0.3 is 5.97 Å². The largest absolute Gasteiger partial charge is 0.480 e. The number of morpholine rings is 1. The monoisotopic (exact) mass is 290 g/mol. The topological polar surface area (TPSA) is 87.2 Å². The van der Waals surface area contributed by atoms with E-state index in [1.54, 1.807) is 29.2 Å². The van der Waals surface area contributed by atoms with Gasteiger partial charge in [0.25, 0.3) is 11.8 Å². The van der Waals surface area contributed by atoms with Crippen molar-refractivity contribution < 1.29 is 24.2 Å². The minimum Gasteiger partial charge on any atom is -0.480 e. The molecule has 2 aliphatic heterocycles. The SMILES string of the molecule is O=C(O)C1COCCN1CN1C(=O)c2ccccc2C1=O. The van der Waals surface area contributed by atoms with E-state index in [0.29, 0.717) is 24.3 Å². The van der Waals surface area contributed by atoms with Gasteiger partial charge in [-0.15, -0.1) is 0 Å². The Morgan fingerprint density at radius 3 is 2.43 bits per heavy atom. The molecule has 2 aliphatic rings. The number of imide groups is 1. The number of nitrogens with zero attached hydrogens (tertiary/aromatic N) is 2. The number of carbonyl (C=O) groups is 3. The predicted octanol–water partition coefficient (Wildman–Crippen LogP) is 0.0255. The van der Waals surface area contributed by atoms with Crippen molar-refractivity contribution in [2.24, 2.45) is 0 Å². The number of hydrogen-bond acceptors (Lipinski definition) is 5. The Balaban J connectivity index is 1.81. The number of ether oxygens (including phenoxy) is 1. The fraction of sp³-hybridized carbons (Fsp3) is 0.357. The highest BCUT2D eigenvalue weighted by atomic mass is 16.5. The Kier molecular flexibility index (Phi) is 3.44. The molecule has 110 valence electrons. The first kappa shape index (κ1) is 13.7. The van der Waals surface area contributed by atoms with Gasteiger partial charge in [-0.2, -0.15) is 0 Å². The van der Waals surface area contributed by atoms with Gasteiger partial charge in [0.15, 0.2) is 0 Å². The number of rotatable bonds is 3. The van der Waals surface area contributed by atoms with Gasteiger partial charge in [0.05, 0.1) is 31.0 Å². The third kappa shape index (κ3) is 2.30.